The van der Waals surface area contributed by atoms with Crippen molar-refractivity contribution in [2.45, 2.75) is 6.92 Å². The molecule has 0 radical (unpaired) electrons. The Kier molecular flexibility index (Phi) is 1.28. The van der Waals surface area contributed by atoms with Crippen LogP contribution in [0.15, 0.2) is 42.5 Å². The Bertz CT molecular complexity index is 811. The molecule has 2 heterocycles. The number of fused-ring (bicyclic) bond motifs is 3. The minimum absolute atomic E-state index is 1.06. The van der Waals surface area contributed by atoms with Crippen LogP contribution in [0.3, 0.4) is 0 Å². The molecule has 0 bridgehead atoms. The monoisotopic (exact) mass is 206 g/mol. The molecule has 0 saturated carbocycles. The molecule has 0 amide bonds. The van der Waals surface area contributed by atoms with E-state index in [1.54, 1.807) is 0 Å². The van der Waals surface area contributed by atoms with Gasteiger partial charge >= 0.3 is 0 Å². The Hall–Kier alpha value is -2.09. The maximum Gasteiger partial charge on any atom is 0.111 e. The first-order valence-corrected chi connectivity index (χ1v) is 5.44. The molecule has 0 aliphatic heterocycles. The molecule has 2 heteroatoms. The van der Waals surface area contributed by atoms with E-state index in [1.807, 2.05) is 0 Å². The molecule has 0 aliphatic rings. The summed E-state index contributed by atoms with van der Waals surface area (Å²) in [4.78, 5) is 4.59. The van der Waals surface area contributed by atoms with E-state index >= 15 is 0 Å². The standard InChI is InChI=1S/C14H10N2/c1-9-15-12-7-4-6-11-10-5-2-3-8-13(10)16(9)14(11)12/h2-8H,1H3. The molecule has 2 aromatic heterocycles. The average Bonchev–Trinajstić information content (AvgIpc) is 2.82. The summed E-state index contributed by atoms with van der Waals surface area (Å²) < 4.78 is 2.25. The van der Waals surface area contributed by atoms with Crippen molar-refractivity contribution < 1.29 is 0 Å². The van der Waals surface area contributed by atoms with Gasteiger partial charge in [-0.25, -0.2) is 4.98 Å². The summed E-state index contributed by atoms with van der Waals surface area (Å²) >= 11 is 0. The van der Waals surface area contributed by atoms with Crippen LogP contribution in [0.1, 0.15) is 5.82 Å². The first-order chi connectivity index (χ1) is 7.86. The lowest BCUT2D eigenvalue weighted by molar-refractivity contribution is 1.09. The van der Waals surface area contributed by atoms with E-state index in [-0.39, 0.29) is 0 Å². The second-order valence-electron chi connectivity index (χ2n) is 4.18. The lowest BCUT2D eigenvalue weighted by Crippen LogP contribution is -1.83. The summed E-state index contributed by atoms with van der Waals surface area (Å²) in [6, 6.07) is 14.8. The van der Waals surface area contributed by atoms with Gasteiger partial charge in [-0.3, -0.25) is 4.40 Å². The van der Waals surface area contributed by atoms with Crippen LogP contribution in [0, 0.1) is 6.92 Å². The lowest BCUT2D eigenvalue weighted by Gasteiger charge is -1.92. The van der Waals surface area contributed by atoms with Gasteiger partial charge in [-0.15, -0.1) is 0 Å². The van der Waals surface area contributed by atoms with Crippen LogP contribution in [0.4, 0.5) is 0 Å². The number of aromatic nitrogens is 2. The molecular weight excluding hydrogens is 196 g/mol. The van der Waals surface area contributed by atoms with Gasteiger partial charge in [-0.1, -0.05) is 30.3 Å². The number of para-hydroxylation sites is 2. The highest BCUT2D eigenvalue weighted by atomic mass is 15.0. The van der Waals surface area contributed by atoms with Gasteiger partial charge in [0.2, 0.25) is 0 Å². The molecule has 76 valence electrons. The largest absolute Gasteiger partial charge is 0.295 e. The van der Waals surface area contributed by atoms with Gasteiger partial charge < -0.3 is 0 Å². The van der Waals surface area contributed by atoms with E-state index in [1.165, 1.54) is 21.8 Å². The van der Waals surface area contributed by atoms with Gasteiger partial charge in [-0.05, 0) is 19.1 Å². The van der Waals surface area contributed by atoms with Crippen molar-refractivity contribution in [1.82, 2.24) is 9.38 Å². The van der Waals surface area contributed by atoms with Gasteiger partial charge in [0, 0.05) is 10.8 Å². The summed E-state index contributed by atoms with van der Waals surface area (Å²) in [6.07, 6.45) is 0. The zero-order valence-corrected chi connectivity index (χ0v) is 8.94. The number of hydrogen-bond acceptors (Lipinski definition) is 1. The number of rotatable bonds is 0. The quantitative estimate of drug-likeness (QED) is 0.431. The first kappa shape index (κ1) is 8.11. The van der Waals surface area contributed by atoms with Crippen LogP contribution in [0.5, 0.6) is 0 Å². The van der Waals surface area contributed by atoms with E-state index in [4.69, 9.17) is 0 Å². The zero-order chi connectivity index (χ0) is 10.7. The molecule has 0 unspecified atom stereocenters. The molecule has 4 aromatic rings. The minimum Gasteiger partial charge on any atom is -0.295 e. The van der Waals surface area contributed by atoms with Crippen molar-refractivity contribution in [3.05, 3.63) is 48.3 Å². The van der Waals surface area contributed by atoms with Crippen LogP contribution in [-0.4, -0.2) is 9.38 Å². The van der Waals surface area contributed by atoms with Crippen molar-refractivity contribution in [2.24, 2.45) is 0 Å². The third-order valence-electron chi connectivity index (χ3n) is 3.28. The minimum atomic E-state index is 1.06. The third-order valence-corrected chi connectivity index (χ3v) is 3.28. The van der Waals surface area contributed by atoms with Crippen molar-refractivity contribution in [3.8, 4) is 0 Å². The topological polar surface area (TPSA) is 17.3 Å². The predicted octanol–water partition coefficient (Wildman–Crippen LogP) is 3.39. The highest BCUT2D eigenvalue weighted by Crippen LogP contribution is 2.32. The molecule has 0 aliphatic carbocycles. The van der Waals surface area contributed by atoms with E-state index in [0.717, 1.165) is 11.3 Å². The molecule has 16 heavy (non-hydrogen) atoms. The van der Waals surface area contributed by atoms with E-state index in [9.17, 15) is 0 Å². The Morgan fingerprint density at radius 2 is 1.75 bits per heavy atom. The second kappa shape index (κ2) is 2.53. The Morgan fingerprint density at radius 3 is 2.69 bits per heavy atom. The van der Waals surface area contributed by atoms with Gasteiger partial charge in [-0.2, -0.15) is 0 Å². The van der Waals surface area contributed by atoms with Crippen LogP contribution >= 0.6 is 0 Å². The summed E-state index contributed by atoms with van der Waals surface area (Å²) in [5.41, 5.74) is 3.59. The SMILES string of the molecule is Cc1nc2cccc3c4ccccc4n1c23. The summed E-state index contributed by atoms with van der Waals surface area (Å²) in [5.74, 6) is 1.06. The summed E-state index contributed by atoms with van der Waals surface area (Å²) in [6.45, 7) is 2.06. The fourth-order valence-electron chi connectivity index (χ4n) is 2.65. The Labute approximate surface area is 92.5 Å². The van der Waals surface area contributed by atoms with E-state index in [0.29, 0.717) is 0 Å². The smallest absolute Gasteiger partial charge is 0.111 e. The summed E-state index contributed by atoms with van der Waals surface area (Å²) in [7, 11) is 0. The molecule has 0 fully saturated rings. The Morgan fingerprint density at radius 1 is 0.938 bits per heavy atom. The van der Waals surface area contributed by atoms with Crippen LogP contribution in [-0.2, 0) is 0 Å². The summed E-state index contributed by atoms with van der Waals surface area (Å²) in [5, 5.41) is 2.61. The van der Waals surface area contributed by atoms with Crippen molar-refractivity contribution in [3.63, 3.8) is 0 Å². The molecule has 4 rings (SSSR count). The van der Waals surface area contributed by atoms with Crippen LogP contribution < -0.4 is 0 Å². The molecule has 0 spiro atoms. The Balaban J connectivity index is 2.53. The lowest BCUT2D eigenvalue weighted by atomic mass is 10.1. The van der Waals surface area contributed by atoms with Gasteiger partial charge in [0.05, 0.1) is 16.6 Å². The highest BCUT2D eigenvalue weighted by Gasteiger charge is 2.13. The van der Waals surface area contributed by atoms with Crippen LogP contribution in [0.2, 0.25) is 0 Å². The fourth-order valence-corrected chi connectivity index (χ4v) is 2.65. The van der Waals surface area contributed by atoms with Crippen molar-refractivity contribution >= 4 is 27.3 Å². The molecule has 2 nitrogen and oxygen atoms in total. The molecule has 0 saturated heterocycles. The van der Waals surface area contributed by atoms with Gasteiger partial charge in [0.25, 0.3) is 0 Å². The van der Waals surface area contributed by atoms with Crippen molar-refractivity contribution in [2.75, 3.05) is 0 Å². The first-order valence-electron chi connectivity index (χ1n) is 5.44. The van der Waals surface area contributed by atoms with E-state index < -0.39 is 0 Å². The third kappa shape index (κ3) is 0.770. The number of nitrogens with zero attached hydrogens (tertiary/aromatic N) is 2. The fraction of sp³-hybridized carbons (Fsp3) is 0.0714. The zero-order valence-electron chi connectivity index (χ0n) is 8.94. The molecule has 0 atom stereocenters. The highest BCUT2D eigenvalue weighted by molar-refractivity contribution is 6.13. The maximum absolute atomic E-state index is 4.59. The average molecular weight is 206 g/mol. The molecule has 2 aromatic carbocycles. The normalized spacial score (nSPS) is 12.1. The second-order valence-corrected chi connectivity index (χ2v) is 4.18. The number of hydrogen-bond donors (Lipinski definition) is 0. The number of benzene rings is 2. The van der Waals surface area contributed by atoms with E-state index in [2.05, 4.69) is 58.8 Å². The van der Waals surface area contributed by atoms with Crippen molar-refractivity contribution in [1.29, 1.82) is 0 Å². The predicted molar refractivity (Wildman–Crippen MR) is 66.1 cm³/mol. The number of imidazole rings is 1. The number of aryl methyl sites for hydroxylation is 1. The van der Waals surface area contributed by atoms with Gasteiger partial charge in [0.1, 0.15) is 5.82 Å². The van der Waals surface area contributed by atoms with Crippen LogP contribution in [0.25, 0.3) is 27.3 Å². The van der Waals surface area contributed by atoms with Gasteiger partial charge in [0.15, 0.2) is 0 Å². The maximum atomic E-state index is 4.59. The molecular formula is C14H10N2. The molecule has 0 N–H and O–H groups in total.